The van der Waals surface area contributed by atoms with Crippen molar-refractivity contribution >= 4 is 11.6 Å². The van der Waals surface area contributed by atoms with Crippen LogP contribution in [0.4, 0.5) is 0 Å². The third kappa shape index (κ3) is 2.71. The SMILES string of the molecule is CCOc1cccc(-c2ccc(O)c(Cl)c2)c1. The van der Waals surface area contributed by atoms with E-state index in [1.807, 2.05) is 37.3 Å². The molecule has 88 valence electrons. The Kier molecular flexibility index (Phi) is 3.55. The third-order valence-electron chi connectivity index (χ3n) is 2.43. The average molecular weight is 249 g/mol. The summed E-state index contributed by atoms with van der Waals surface area (Å²) in [5, 5.41) is 9.72. The van der Waals surface area contributed by atoms with Crippen molar-refractivity contribution in [2.45, 2.75) is 6.92 Å². The molecule has 0 atom stereocenters. The molecule has 2 aromatic rings. The maximum absolute atomic E-state index is 9.37. The Morgan fingerprint density at radius 1 is 1.12 bits per heavy atom. The molecule has 0 spiro atoms. The van der Waals surface area contributed by atoms with Gasteiger partial charge in [-0.25, -0.2) is 0 Å². The quantitative estimate of drug-likeness (QED) is 0.886. The van der Waals surface area contributed by atoms with Crippen LogP contribution in [0.3, 0.4) is 0 Å². The van der Waals surface area contributed by atoms with Crippen LogP contribution < -0.4 is 4.74 Å². The minimum Gasteiger partial charge on any atom is -0.506 e. The smallest absolute Gasteiger partial charge is 0.134 e. The highest BCUT2D eigenvalue weighted by atomic mass is 35.5. The average Bonchev–Trinajstić information content (AvgIpc) is 2.33. The summed E-state index contributed by atoms with van der Waals surface area (Å²) >= 11 is 5.88. The minimum absolute atomic E-state index is 0.0939. The zero-order valence-corrected chi connectivity index (χ0v) is 10.2. The van der Waals surface area contributed by atoms with Gasteiger partial charge in [-0.3, -0.25) is 0 Å². The number of rotatable bonds is 3. The molecule has 0 heterocycles. The summed E-state index contributed by atoms with van der Waals surface area (Å²) in [6.07, 6.45) is 0. The Labute approximate surface area is 105 Å². The first kappa shape index (κ1) is 11.8. The normalized spacial score (nSPS) is 10.2. The molecule has 0 amide bonds. The summed E-state index contributed by atoms with van der Waals surface area (Å²) in [4.78, 5) is 0. The molecule has 0 saturated heterocycles. The molecule has 2 aromatic carbocycles. The molecule has 0 unspecified atom stereocenters. The monoisotopic (exact) mass is 248 g/mol. The molecule has 0 aliphatic carbocycles. The number of benzene rings is 2. The lowest BCUT2D eigenvalue weighted by Crippen LogP contribution is -1.91. The van der Waals surface area contributed by atoms with Crippen molar-refractivity contribution in [3.63, 3.8) is 0 Å². The van der Waals surface area contributed by atoms with Crippen LogP contribution in [-0.2, 0) is 0 Å². The van der Waals surface area contributed by atoms with Crippen LogP contribution in [-0.4, -0.2) is 11.7 Å². The molecule has 2 rings (SSSR count). The molecule has 0 bridgehead atoms. The molecular formula is C14H13ClO2. The van der Waals surface area contributed by atoms with Gasteiger partial charge in [-0.1, -0.05) is 29.8 Å². The van der Waals surface area contributed by atoms with Gasteiger partial charge in [-0.15, -0.1) is 0 Å². The van der Waals surface area contributed by atoms with Crippen molar-refractivity contribution in [2.24, 2.45) is 0 Å². The predicted molar refractivity (Wildman–Crippen MR) is 69.7 cm³/mol. The van der Waals surface area contributed by atoms with E-state index in [1.54, 1.807) is 12.1 Å². The molecule has 2 nitrogen and oxygen atoms in total. The number of hydrogen-bond donors (Lipinski definition) is 1. The van der Waals surface area contributed by atoms with Gasteiger partial charge in [0.2, 0.25) is 0 Å². The van der Waals surface area contributed by atoms with Crippen LogP contribution >= 0.6 is 11.6 Å². The first-order valence-electron chi connectivity index (χ1n) is 5.42. The summed E-state index contributed by atoms with van der Waals surface area (Å²) in [6.45, 7) is 2.59. The Hall–Kier alpha value is -1.67. The van der Waals surface area contributed by atoms with Gasteiger partial charge in [0, 0.05) is 0 Å². The highest BCUT2D eigenvalue weighted by Gasteiger charge is 2.03. The zero-order valence-electron chi connectivity index (χ0n) is 9.48. The number of ether oxygens (including phenoxy) is 1. The minimum atomic E-state index is 0.0939. The highest BCUT2D eigenvalue weighted by molar-refractivity contribution is 6.32. The summed E-state index contributed by atoms with van der Waals surface area (Å²) in [7, 11) is 0. The fourth-order valence-corrected chi connectivity index (χ4v) is 1.80. The van der Waals surface area contributed by atoms with Crippen molar-refractivity contribution in [3.05, 3.63) is 47.5 Å². The second-order valence-electron chi connectivity index (χ2n) is 3.63. The summed E-state index contributed by atoms with van der Waals surface area (Å²) in [6, 6.07) is 12.9. The van der Waals surface area contributed by atoms with Crippen LogP contribution in [0.25, 0.3) is 11.1 Å². The Morgan fingerprint density at radius 3 is 2.59 bits per heavy atom. The van der Waals surface area contributed by atoms with Crippen molar-refractivity contribution < 1.29 is 9.84 Å². The third-order valence-corrected chi connectivity index (χ3v) is 2.73. The van der Waals surface area contributed by atoms with Gasteiger partial charge in [-0.2, -0.15) is 0 Å². The van der Waals surface area contributed by atoms with E-state index in [0.717, 1.165) is 16.9 Å². The molecular weight excluding hydrogens is 236 g/mol. The van der Waals surface area contributed by atoms with E-state index in [0.29, 0.717) is 11.6 Å². The molecule has 17 heavy (non-hydrogen) atoms. The maximum Gasteiger partial charge on any atom is 0.134 e. The van der Waals surface area contributed by atoms with E-state index in [1.165, 1.54) is 0 Å². The van der Waals surface area contributed by atoms with Gasteiger partial charge in [0.05, 0.1) is 11.6 Å². The lowest BCUT2D eigenvalue weighted by molar-refractivity contribution is 0.340. The van der Waals surface area contributed by atoms with E-state index in [4.69, 9.17) is 16.3 Å². The van der Waals surface area contributed by atoms with Crippen LogP contribution in [0.5, 0.6) is 11.5 Å². The largest absolute Gasteiger partial charge is 0.506 e. The van der Waals surface area contributed by atoms with Crippen LogP contribution in [0.1, 0.15) is 6.92 Å². The van der Waals surface area contributed by atoms with Gasteiger partial charge in [0.15, 0.2) is 0 Å². The number of halogens is 1. The number of phenols is 1. The summed E-state index contributed by atoms with van der Waals surface area (Å²) in [5.41, 5.74) is 1.97. The molecule has 0 fully saturated rings. The Morgan fingerprint density at radius 2 is 1.88 bits per heavy atom. The van der Waals surface area contributed by atoms with E-state index in [-0.39, 0.29) is 5.75 Å². The second-order valence-corrected chi connectivity index (χ2v) is 4.03. The summed E-state index contributed by atoms with van der Waals surface area (Å²) < 4.78 is 5.44. The molecule has 0 saturated carbocycles. The highest BCUT2D eigenvalue weighted by Crippen LogP contribution is 2.30. The van der Waals surface area contributed by atoms with Crippen LogP contribution in [0.2, 0.25) is 5.02 Å². The van der Waals surface area contributed by atoms with E-state index < -0.39 is 0 Å². The predicted octanol–water partition coefficient (Wildman–Crippen LogP) is 4.11. The van der Waals surface area contributed by atoms with Crippen molar-refractivity contribution in [1.82, 2.24) is 0 Å². The molecule has 0 radical (unpaired) electrons. The van der Waals surface area contributed by atoms with E-state index >= 15 is 0 Å². The first-order valence-corrected chi connectivity index (χ1v) is 5.80. The number of hydrogen-bond acceptors (Lipinski definition) is 2. The summed E-state index contributed by atoms with van der Waals surface area (Å²) in [5.74, 6) is 0.922. The van der Waals surface area contributed by atoms with Gasteiger partial charge >= 0.3 is 0 Å². The Balaban J connectivity index is 2.38. The van der Waals surface area contributed by atoms with Crippen molar-refractivity contribution in [3.8, 4) is 22.6 Å². The first-order chi connectivity index (χ1) is 8.20. The molecule has 3 heteroatoms. The fourth-order valence-electron chi connectivity index (χ4n) is 1.62. The lowest BCUT2D eigenvalue weighted by atomic mass is 10.1. The molecule has 0 aliphatic heterocycles. The maximum atomic E-state index is 9.37. The van der Waals surface area contributed by atoms with E-state index in [2.05, 4.69) is 0 Å². The number of phenolic OH excluding ortho intramolecular Hbond substituents is 1. The molecule has 0 aromatic heterocycles. The Bertz CT molecular complexity index is 523. The van der Waals surface area contributed by atoms with Gasteiger partial charge in [0.25, 0.3) is 0 Å². The van der Waals surface area contributed by atoms with Crippen molar-refractivity contribution in [2.75, 3.05) is 6.61 Å². The lowest BCUT2D eigenvalue weighted by Gasteiger charge is -2.07. The molecule has 0 aliphatic rings. The topological polar surface area (TPSA) is 29.5 Å². The van der Waals surface area contributed by atoms with Gasteiger partial charge in [0.1, 0.15) is 11.5 Å². The zero-order chi connectivity index (χ0) is 12.3. The van der Waals surface area contributed by atoms with Crippen LogP contribution in [0.15, 0.2) is 42.5 Å². The van der Waals surface area contributed by atoms with Gasteiger partial charge in [-0.05, 0) is 42.3 Å². The molecule has 1 N–H and O–H groups in total. The standard InChI is InChI=1S/C14H13ClO2/c1-2-17-12-5-3-4-10(8-12)11-6-7-14(16)13(15)9-11/h3-9,16H,2H2,1H3. The number of aromatic hydroxyl groups is 1. The van der Waals surface area contributed by atoms with E-state index in [9.17, 15) is 5.11 Å². The second kappa shape index (κ2) is 5.11. The van der Waals surface area contributed by atoms with Crippen molar-refractivity contribution in [1.29, 1.82) is 0 Å². The fraction of sp³-hybridized carbons (Fsp3) is 0.143. The van der Waals surface area contributed by atoms with Crippen LogP contribution in [0, 0.1) is 0 Å². The van der Waals surface area contributed by atoms with Gasteiger partial charge < -0.3 is 9.84 Å².